The van der Waals surface area contributed by atoms with Gasteiger partial charge < -0.3 is 64.9 Å². The Kier molecular flexibility index (Phi) is 30.4. The van der Waals surface area contributed by atoms with Crippen molar-refractivity contribution >= 4 is 88.4 Å². The summed E-state index contributed by atoms with van der Waals surface area (Å²) in [5.74, 6) is -18.6. The molecular formula is C72H106ClF8N13O13. The Balaban J connectivity index is 1.51. The number of carbonyl (C=O) groups excluding carboxylic acids is 13. The highest BCUT2D eigenvalue weighted by molar-refractivity contribution is 6.31. The Morgan fingerprint density at radius 2 is 1.23 bits per heavy atom. The van der Waals surface area contributed by atoms with Crippen molar-refractivity contribution in [2.45, 2.75) is 229 Å². The largest absolute Gasteiger partial charge is 0.417 e. The number of likely N-dealkylation sites (tertiary alicyclic amines) is 1. The van der Waals surface area contributed by atoms with Gasteiger partial charge in [-0.1, -0.05) is 96.7 Å². The van der Waals surface area contributed by atoms with Crippen molar-refractivity contribution < 1.29 is 97.5 Å². The van der Waals surface area contributed by atoms with Crippen molar-refractivity contribution in [1.29, 1.82) is 0 Å². The number of halogens is 9. The summed E-state index contributed by atoms with van der Waals surface area (Å²) in [4.78, 5) is 202. The summed E-state index contributed by atoms with van der Waals surface area (Å²) in [6.45, 7) is 5.22. The number of fused-ring (bicyclic) bond motifs is 1. The van der Waals surface area contributed by atoms with E-state index in [1.165, 1.54) is 59.0 Å². The quantitative estimate of drug-likeness (QED) is 0.198. The minimum absolute atomic E-state index is 0.0165. The first-order chi connectivity index (χ1) is 49.7. The number of amides is 13. The maximum Gasteiger partial charge on any atom is 0.417 e. The van der Waals surface area contributed by atoms with Crippen molar-refractivity contribution in [3.05, 3.63) is 34.3 Å². The van der Waals surface area contributed by atoms with E-state index in [-0.39, 0.29) is 56.0 Å². The van der Waals surface area contributed by atoms with Crippen molar-refractivity contribution in [3.8, 4) is 0 Å². The Morgan fingerprint density at radius 3 is 1.77 bits per heavy atom. The van der Waals surface area contributed by atoms with E-state index in [0.717, 1.165) is 77.0 Å². The third-order valence-corrected chi connectivity index (χ3v) is 22.2. The van der Waals surface area contributed by atoms with Crippen LogP contribution in [-0.2, 0) is 74.9 Å². The maximum absolute atomic E-state index is 15.4. The molecule has 600 valence electrons. The van der Waals surface area contributed by atoms with E-state index in [4.69, 9.17) is 11.6 Å². The molecule has 3 N–H and O–H groups in total. The van der Waals surface area contributed by atoms with Crippen LogP contribution in [0.5, 0.6) is 0 Å². The van der Waals surface area contributed by atoms with Crippen molar-refractivity contribution in [1.82, 2.24) is 64.9 Å². The van der Waals surface area contributed by atoms with Crippen molar-refractivity contribution in [2.75, 3.05) is 89.6 Å². The lowest BCUT2D eigenvalue weighted by atomic mass is 9.84. The predicted molar refractivity (Wildman–Crippen MR) is 376 cm³/mol. The molecule has 0 radical (unpaired) electrons. The summed E-state index contributed by atoms with van der Waals surface area (Å²) in [5.41, 5.74) is -1.18. The highest BCUT2D eigenvalue weighted by Crippen LogP contribution is 2.38. The van der Waals surface area contributed by atoms with Crippen molar-refractivity contribution in [3.63, 3.8) is 0 Å². The molecular weight excluding hydrogens is 1440 g/mol. The fourth-order valence-corrected chi connectivity index (χ4v) is 15.1. The lowest BCUT2D eigenvalue weighted by Gasteiger charge is -2.45. The third-order valence-electron chi connectivity index (χ3n) is 21.8. The minimum atomic E-state index is -5.33. The number of likely N-dealkylation sites (N-methyl/N-ethyl adjacent to an activating group) is 8. The van der Waals surface area contributed by atoms with Crippen LogP contribution in [0, 0.1) is 23.7 Å². The Morgan fingerprint density at radius 1 is 0.654 bits per heavy atom. The van der Waals surface area contributed by atoms with E-state index in [9.17, 15) is 60.3 Å². The summed E-state index contributed by atoms with van der Waals surface area (Å²) in [6, 6.07) is -14.2. The number of aryl methyl sites for hydroxylation is 1. The summed E-state index contributed by atoms with van der Waals surface area (Å²) < 4.78 is 116. The molecule has 3 aliphatic heterocycles. The van der Waals surface area contributed by atoms with Crippen LogP contribution < -0.4 is 16.0 Å². The molecule has 0 bridgehead atoms. The van der Waals surface area contributed by atoms with Gasteiger partial charge in [0.05, 0.1) is 49.5 Å². The van der Waals surface area contributed by atoms with E-state index in [0.29, 0.717) is 52.9 Å². The fourth-order valence-electron chi connectivity index (χ4n) is 14.8. The number of rotatable bonds is 14. The Bertz CT molecular complexity index is 3420. The monoisotopic (exact) mass is 1550 g/mol. The molecule has 2 saturated carbocycles. The average molecular weight is 1550 g/mol. The molecule has 5 fully saturated rings. The van der Waals surface area contributed by atoms with Gasteiger partial charge in [-0.25, -0.2) is 8.78 Å². The second kappa shape index (κ2) is 37.0. The SMILES string of the molecule is CC[C@H](C)[C@@H]1NC(=O)[C@H](CC(C)C)N(C)C(=O)C[C@@H](C(=O)N(C)C)N(C)C(=O)[C@H](C2CCCC2)N(C)C(=O)[C@H](CC(F)(F)F)NC(=O)[C@H](CC(=O)N2CC(F)(F)C2)N(C)C(=O)[C@H](CCc2ccc(C(F)(F)F)c(Cl)c2)NC(=O)CN(C)C(=O)[C@H](CC2CCCCC2)N(C)C(=O)[C@@H]2CCN2C(=O)[C@H](C)N(C)C1=O. The van der Waals surface area contributed by atoms with Gasteiger partial charge in [-0.2, -0.15) is 26.3 Å². The summed E-state index contributed by atoms with van der Waals surface area (Å²) >= 11 is 6.08. The smallest absolute Gasteiger partial charge is 0.347 e. The zero-order valence-electron chi connectivity index (χ0n) is 63.6. The molecule has 0 aromatic heterocycles. The summed E-state index contributed by atoms with van der Waals surface area (Å²) in [7, 11) is 10.8. The first-order valence-electron chi connectivity index (χ1n) is 36.6. The average Bonchev–Trinajstić information content (AvgIpc) is 1.71. The zero-order valence-corrected chi connectivity index (χ0v) is 64.3. The van der Waals surface area contributed by atoms with Crippen LogP contribution in [0.2, 0.25) is 5.02 Å². The van der Waals surface area contributed by atoms with E-state index < -0.39 is 230 Å². The zero-order chi connectivity index (χ0) is 80.4. The topological polar surface area (TPSA) is 290 Å². The molecule has 0 unspecified atom stereocenters. The van der Waals surface area contributed by atoms with Crippen LogP contribution >= 0.6 is 11.6 Å². The first kappa shape index (κ1) is 88.0. The van der Waals surface area contributed by atoms with Gasteiger partial charge in [0.25, 0.3) is 5.92 Å². The van der Waals surface area contributed by atoms with Crippen LogP contribution in [0.3, 0.4) is 0 Å². The molecule has 35 heteroatoms. The molecule has 13 amide bonds. The molecule has 1 aromatic carbocycles. The van der Waals surface area contributed by atoms with Crippen LogP contribution in [-0.4, -0.2) is 288 Å². The molecule has 107 heavy (non-hydrogen) atoms. The van der Waals surface area contributed by atoms with Gasteiger partial charge >= 0.3 is 12.4 Å². The number of carbonyl (C=O) groups is 13. The first-order valence-corrected chi connectivity index (χ1v) is 36.9. The molecule has 3 saturated heterocycles. The van der Waals surface area contributed by atoms with Gasteiger partial charge in [0.1, 0.15) is 60.4 Å². The normalized spacial score (nSPS) is 27.1. The number of hydrogen-bond donors (Lipinski definition) is 3. The number of benzene rings is 1. The van der Waals surface area contributed by atoms with Gasteiger partial charge in [-0.3, -0.25) is 62.3 Å². The maximum atomic E-state index is 15.4. The van der Waals surface area contributed by atoms with Crippen LogP contribution in [0.1, 0.15) is 155 Å². The number of nitrogens with zero attached hydrogens (tertiary/aromatic N) is 10. The second-order valence-electron chi connectivity index (χ2n) is 30.3. The molecule has 1 aromatic rings. The highest BCUT2D eigenvalue weighted by atomic mass is 35.5. The van der Waals surface area contributed by atoms with Gasteiger partial charge in [0.2, 0.25) is 76.8 Å². The lowest BCUT2D eigenvalue weighted by molar-refractivity contribution is -0.168. The molecule has 26 nitrogen and oxygen atoms in total. The molecule has 3 heterocycles. The van der Waals surface area contributed by atoms with Gasteiger partial charge in [-0.15, -0.1) is 0 Å². The second-order valence-corrected chi connectivity index (χ2v) is 30.8. The van der Waals surface area contributed by atoms with Crippen LogP contribution in [0.15, 0.2) is 18.2 Å². The number of alkyl halides is 8. The summed E-state index contributed by atoms with van der Waals surface area (Å²) in [6.07, 6.45) is -9.80. The molecule has 5 aliphatic rings. The minimum Gasteiger partial charge on any atom is -0.347 e. The highest BCUT2D eigenvalue weighted by Gasteiger charge is 2.51. The van der Waals surface area contributed by atoms with Crippen LogP contribution in [0.25, 0.3) is 0 Å². The molecule has 11 atom stereocenters. The van der Waals surface area contributed by atoms with Gasteiger partial charge in [-0.05, 0) is 93.2 Å². The van der Waals surface area contributed by atoms with Crippen LogP contribution in [0.4, 0.5) is 35.1 Å². The summed E-state index contributed by atoms with van der Waals surface area (Å²) in [5, 5.41) is 6.53. The van der Waals surface area contributed by atoms with E-state index in [1.807, 2.05) is 5.32 Å². The fraction of sp³-hybridized carbons (Fsp3) is 0.736. The van der Waals surface area contributed by atoms with Gasteiger partial charge in [0, 0.05) is 70.0 Å². The number of nitrogens with one attached hydrogen (secondary N) is 3. The van der Waals surface area contributed by atoms with E-state index >= 15 is 37.1 Å². The standard InChI is InChI=1S/C72H106ClF8N13O13/c1-15-41(4)58-68(106)87(9)42(5)62(100)94-30-29-50(94)67(105)90(12)53(33-43-21-17-16-18-22-43)66(104)86(8)37-55(95)82-48(28-26-44-25-27-46(47(73)32-44)72(79,80)81)63(101)89(11)52(34-57(97)93-38-70(74,75)39-93)60(98)83-49(36-71(76,77)78)64(102)92(14)59(45-23-19-20-24-45)69(107)91(13)54(65(103)85(6)7)35-56(96)88(10)51(31-40(2)3)61(99)84-58/h25,27,32,40-43,45,48-54,58-59H,15-24,26,28-31,33-39H2,1-14H3,(H,82,95)(H,83,98)(H,84,99)/t41-,42-,48-,49-,50-,51-,52-,53-,54-,58-,59-/m0/s1. The van der Waals surface area contributed by atoms with Crippen molar-refractivity contribution in [2.24, 2.45) is 23.7 Å². The predicted octanol–water partition coefficient (Wildman–Crippen LogP) is 5.35. The number of hydrogen-bond acceptors (Lipinski definition) is 13. The van der Waals surface area contributed by atoms with E-state index in [2.05, 4.69) is 10.6 Å². The lowest BCUT2D eigenvalue weighted by Crippen LogP contribution is -2.65. The van der Waals surface area contributed by atoms with E-state index in [1.54, 1.807) is 27.7 Å². The van der Waals surface area contributed by atoms with Gasteiger partial charge in [0.15, 0.2) is 0 Å². The third kappa shape index (κ3) is 22.4. The molecule has 6 rings (SSSR count). The molecule has 0 spiro atoms. The Hall–Kier alpha value is -7.94. The Labute approximate surface area is 624 Å². The molecule has 2 aliphatic carbocycles.